The van der Waals surface area contributed by atoms with Gasteiger partial charge in [-0.2, -0.15) is 0 Å². The summed E-state index contributed by atoms with van der Waals surface area (Å²) in [7, 11) is 0. The molecule has 0 aromatic heterocycles. The molecule has 2 aliphatic carbocycles. The summed E-state index contributed by atoms with van der Waals surface area (Å²) in [5, 5.41) is 0. The van der Waals surface area contributed by atoms with Crippen LogP contribution in [0.2, 0.25) is 0 Å². The van der Waals surface area contributed by atoms with Gasteiger partial charge in [-0.1, -0.05) is 47.8 Å². The van der Waals surface area contributed by atoms with E-state index in [2.05, 4.69) is 58.6 Å². The van der Waals surface area contributed by atoms with Gasteiger partial charge in [0.1, 0.15) is 0 Å². The third-order valence-electron chi connectivity index (χ3n) is 6.40. The number of benzene rings is 1. The molecule has 4 amide bonds. The van der Waals surface area contributed by atoms with E-state index in [4.69, 9.17) is 4.74 Å². The summed E-state index contributed by atoms with van der Waals surface area (Å²) >= 11 is 10.5. The molecule has 1 aliphatic heterocycles. The fourth-order valence-corrected chi connectivity index (χ4v) is 7.03. The highest BCUT2D eigenvalue weighted by molar-refractivity contribution is 9.12. The van der Waals surface area contributed by atoms with Crippen LogP contribution in [0.5, 0.6) is 0 Å². The molecule has 9 nitrogen and oxygen atoms in total. The molecular weight excluding hydrogens is 630 g/mol. The molecule has 0 unspecified atom stereocenters. The van der Waals surface area contributed by atoms with Crippen LogP contribution in [0, 0.1) is 23.7 Å². The molecule has 1 saturated heterocycles. The van der Waals surface area contributed by atoms with Crippen molar-refractivity contribution in [2.24, 2.45) is 23.7 Å². The van der Waals surface area contributed by atoms with E-state index >= 15 is 0 Å². The maximum atomic E-state index is 12.8. The monoisotopic (exact) mass is 647 g/mol. The molecule has 1 aromatic rings. The van der Waals surface area contributed by atoms with Crippen molar-refractivity contribution in [1.82, 2.24) is 15.8 Å². The van der Waals surface area contributed by atoms with E-state index in [9.17, 15) is 24.0 Å². The highest BCUT2D eigenvalue weighted by atomic mass is 79.9. The van der Waals surface area contributed by atoms with E-state index in [-0.39, 0.29) is 58.1 Å². The normalized spacial score (nSPS) is 29.7. The minimum absolute atomic E-state index is 0.0786. The van der Waals surface area contributed by atoms with Gasteiger partial charge in [-0.05, 0) is 42.5 Å². The highest BCUT2D eigenvalue weighted by Gasteiger charge is 2.66. The standard InChI is InChI=1S/C21H20Br3N3O6/c22-10-3-1-9(2-4-10)19(30)26-25-13(28)8-33-14(29)5-6-27-20(31)15-11-7-12(16(15)21(27)32)18(24)17(11)23/h1-4,11-12,15-18H,5-8H2,(H,25,28)(H,26,30)/t11-,12-,15-,16+,17+,18+/m1/s1. The summed E-state index contributed by atoms with van der Waals surface area (Å²) in [4.78, 5) is 62.9. The van der Waals surface area contributed by atoms with Gasteiger partial charge in [0, 0.05) is 26.2 Å². The second-order valence-electron chi connectivity index (χ2n) is 8.25. The molecule has 176 valence electrons. The average molecular weight is 650 g/mol. The first-order valence-corrected chi connectivity index (χ1v) is 12.9. The van der Waals surface area contributed by atoms with Crippen LogP contribution in [-0.2, 0) is 23.9 Å². The molecule has 1 aromatic carbocycles. The molecule has 4 rings (SSSR count). The first-order valence-electron chi connectivity index (χ1n) is 10.3. The minimum atomic E-state index is -0.722. The third kappa shape index (κ3) is 4.74. The van der Waals surface area contributed by atoms with Gasteiger partial charge in [0.2, 0.25) is 11.8 Å². The molecule has 6 atom stereocenters. The zero-order valence-electron chi connectivity index (χ0n) is 17.1. The number of hydrazine groups is 1. The van der Waals surface area contributed by atoms with Gasteiger partial charge in [-0.3, -0.25) is 39.7 Å². The van der Waals surface area contributed by atoms with Crippen molar-refractivity contribution in [3.8, 4) is 0 Å². The van der Waals surface area contributed by atoms with Gasteiger partial charge in [-0.25, -0.2) is 0 Å². The van der Waals surface area contributed by atoms with Crippen LogP contribution in [-0.4, -0.2) is 57.3 Å². The number of likely N-dealkylation sites (tertiary alicyclic amines) is 1. The smallest absolute Gasteiger partial charge is 0.308 e. The Morgan fingerprint density at radius 3 is 2.12 bits per heavy atom. The van der Waals surface area contributed by atoms with Crippen molar-refractivity contribution in [3.63, 3.8) is 0 Å². The number of rotatable bonds is 6. The Balaban J connectivity index is 1.20. The van der Waals surface area contributed by atoms with E-state index in [0.717, 1.165) is 15.8 Å². The zero-order valence-corrected chi connectivity index (χ0v) is 21.9. The molecule has 2 N–H and O–H groups in total. The number of amides is 4. The molecular formula is C21H20Br3N3O6. The summed E-state index contributed by atoms with van der Waals surface area (Å²) in [5.41, 5.74) is 4.72. The Bertz CT molecular complexity index is 971. The van der Waals surface area contributed by atoms with Crippen molar-refractivity contribution in [2.75, 3.05) is 13.2 Å². The first kappa shape index (κ1) is 24.3. The van der Waals surface area contributed by atoms with E-state index in [1.807, 2.05) is 0 Å². The molecule has 2 saturated carbocycles. The summed E-state index contributed by atoms with van der Waals surface area (Å²) in [6, 6.07) is 6.51. The van der Waals surface area contributed by atoms with Crippen LogP contribution in [0.4, 0.5) is 0 Å². The minimum Gasteiger partial charge on any atom is -0.455 e. The Hall–Kier alpha value is -1.79. The summed E-state index contributed by atoms with van der Waals surface area (Å²) in [6.07, 6.45) is 0.627. The molecule has 12 heteroatoms. The van der Waals surface area contributed by atoms with Gasteiger partial charge >= 0.3 is 5.97 Å². The quantitative estimate of drug-likeness (QED) is 0.210. The second-order valence-corrected chi connectivity index (χ2v) is 11.3. The Morgan fingerprint density at radius 2 is 1.55 bits per heavy atom. The average Bonchev–Trinajstić information content (AvgIpc) is 3.40. The first-order chi connectivity index (χ1) is 15.7. The van der Waals surface area contributed by atoms with Crippen LogP contribution in [0.1, 0.15) is 23.2 Å². The number of alkyl halides is 2. The maximum Gasteiger partial charge on any atom is 0.308 e. The predicted molar refractivity (Wildman–Crippen MR) is 126 cm³/mol. The summed E-state index contributed by atoms with van der Waals surface area (Å²) < 4.78 is 5.71. The van der Waals surface area contributed by atoms with Crippen LogP contribution < -0.4 is 10.9 Å². The molecule has 0 spiro atoms. The van der Waals surface area contributed by atoms with Gasteiger partial charge in [-0.15, -0.1) is 0 Å². The molecule has 1 heterocycles. The number of carbonyl (C=O) groups excluding carboxylic acids is 5. The van der Waals surface area contributed by atoms with E-state index in [1.165, 1.54) is 0 Å². The number of fused-ring (bicyclic) bond motifs is 5. The molecule has 2 bridgehead atoms. The number of ether oxygens (including phenoxy) is 1. The largest absolute Gasteiger partial charge is 0.455 e. The van der Waals surface area contributed by atoms with Crippen LogP contribution in [0.3, 0.4) is 0 Å². The number of esters is 1. The van der Waals surface area contributed by atoms with Crippen molar-refractivity contribution in [1.29, 1.82) is 0 Å². The van der Waals surface area contributed by atoms with Crippen molar-refractivity contribution < 1.29 is 28.7 Å². The zero-order chi connectivity index (χ0) is 23.9. The van der Waals surface area contributed by atoms with Crippen molar-refractivity contribution in [3.05, 3.63) is 34.3 Å². The summed E-state index contributed by atoms with van der Waals surface area (Å²) in [6.45, 7) is -0.682. The number of nitrogens with one attached hydrogen (secondary N) is 2. The fraction of sp³-hybridized carbons (Fsp3) is 0.476. The highest BCUT2D eigenvalue weighted by Crippen LogP contribution is 2.60. The maximum absolute atomic E-state index is 12.8. The second kappa shape index (κ2) is 9.83. The van der Waals surface area contributed by atoms with E-state index in [0.29, 0.717) is 5.56 Å². The fourth-order valence-electron chi connectivity index (χ4n) is 4.89. The van der Waals surface area contributed by atoms with Crippen LogP contribution in [0.25, 0.3) is 0 Å². The number of nitrogens with zero attached hydrogens (tertiary/aromatic N) is 1. The number of hydrogen-bond donors (Lipinski definition) is 2. The lowest BCUT2D eigenvalue weighted by molar-refractivity contribution is -0.150. The molecule has 0 radical (unpaired) electrons. The molecule has 33 heavy (non-hydrogen) atoms. The lowest BCUT2D eigenvalue weighted by Gasteiger charge is -2.28. The number of imide groups is 1. The lowest BCUT2D eigenvalue weighted by Crippen LogP contribution is -2.43. The van der Waals surface area contributed by atoms with E-state index < -0.39 is 24.4 Å². The number of halogens is 3. The Labute approximate surface area is 214 Å². The molecule has 3 fully saturated rings. The van der Waals surface area contributed by atoms with Crippen LogP contribution in [0.15, 0.2) is 28.7 Å². The van der Waals surface area contributed by atoms with Gasteiger partial charge in [0.15, 0.2) is 6.61 Å². The van der Waals surface area contributed by atoms with Gasteiger partial charge in [0.05, 0.1) is 18.3 Å². The summed E-state index contributed by atoms with van der Waals surface area (Å²) in [5.74, 6) is -2.90. The van der Waals surface area contributed by atoms with E-state index in [1.54, 1.807) is 24.3 Å². The van der Waals surface area contributed by atoms with Crippen molar-refractivity contribution >= 4 is 77.4 Å². The Morgan fingerprint density at radius 1 is 0.970 bits per heavy atom. The lowest BCUT2D eigenvalue weighted by atomic mass is 9.81. The third-order valence-corrected chi connectivity index (χ3v) is 10.1. The number of carbonyl (C=O) groups is 5. The Kier molecular flexibility index (Phi) is 7.25. The number of hydrogen-bond acceptors (Lipinski definition) is 6. The van der Waals surface area contributed by atoms with Gasteiger partial charge < -0.3 is 4.74 Å². The predicted octanol–water partition coefficient (Wildman–Crippen LogP) is 1.92. The van der Waals surface area contributed by atoms with Crippen LogP contribution >= 0.6 is 47.8 Å². The van der Waals surface area contributed by atoms with Crippen molar-refractivity contribution in [2.45, 2.75) is 22.5 Å². The topological polar surface area (TPSA) is 122 Å². The van der Waals surface area contributed by atoms with Gasteiger partial charge in [0.25, 0.3) is 11.8 Å². The SMILES string of the molecule is O=C(COC(=O)CCN1C(=O)[C@@H]2[C@H]3C[C@@H]([C@H](Br)[C@H]3Br)[C@@H]2C1=O)NNC(=O)c1ccc(Br)cc1. The molecule has 3 aliphatic rings.